The summed E-state index contributed by atoms with van der Waals surface area (Å²) in [5.41, 5.74) is 5.61. The number of carbonyl (C=O) groups is 3. The number of rotatable bonds is 5. The van der Waals surface area contributed by atoms with Crippen molar-refractivity contribution in [2.45, 2.75) is 37.5 Å². The van der Waals surface area contributed by atoms with E-state index in [4.69, 9.17) is 0 Å². The molecule has 1 N–H and O–H groups in total. The number of hydrogen-bond donors (Lipinski definition) is 1. The Morgan fingerprint density at radius 2 is 1.39 bits per heavy atom. The fraction of sp³-hybridized carbons (Fsp3) is 0.393. The van der Waals surface area contributed by atoms with Crippen LogP contribution < -0.4 is 5.32 Å². The van der Waals surface area contributed by atoms with Gasteiger partial charge >= 0.3 is 0 Å². The van der Waals surface area contributed by atoms with E-state index in [0.29, 0.717) is 37.1 Å². The molecular weight excluding hydrogens is 412 g/mol. The molecule has 5 heteroatoms. The number of nitrogens with zero attached hydrogens (tertiary/aromatic N) is 1. The minimum atomic E-state index is -0.233. The van der Waals surface area contributed by atoms with Crippen LogP contribution in [-0.4, -0.2) is 35.7 Å². The second-order valence-electron chi connectivity index (χ2n) is 9.82. The van der Waals surface area contributed by atoms with Gasteiger partial charge in [-0.25, -0.2) is 0 Å². The zero-order chi connectivity index (χ0) is 22.5. The molecule has 5 aliphatic rings. The van der Waals surface area contributed by atoms with Gasteiger partial charge in [-0.05, 0) is 47.4 Å². The van der Waals surface area contributed by atoms with Crippen molar-refractivity contribution in [1.82, 2.24) is 10.2 Å². The van der Waals surface area contributed by atoms with E-state index in [9.17, 15) is 14.4 Å². The molecule has 1 fully saturated rings. The Balaban J connectivity index is 1.11. The van der Waals surface area contributed by atoms with E-state index < -0.39 is 0 Å². The molecule has 4 aliphatic carbocycles. The van der Waals surface area contributed by atoms with Crippen LogP contribution in [0.25, 0.3) is 0 Å². The van der Waals surface area contributed by atoms with Gasteiger partial charge in [-0.3, -0.25) is 19.3 Å². The second-order valence-corrected chi connectivity index (χ2v) is 9.82. The Morgan fingerprint density at radius 1 is 0.848 bits per heavy atom. The van der Waals surface area contributed by atoms with Crippen LogP contribution in [0.2, 0.25) is 0 Å². The average molecular weight is 441 g/mol. The molecule has 33 heavy (non-hydrogen) atoms. The molecule has 5 nitrogen and oxygen atoms in total. The number of allylic oxidation sites excluding steroid dienone is 2. The van der Waals surface area contributed by atoms with E-state index in [1.54, 1.807) is 0 Å². The summed E-state index contributed by atoms with van der Waals surface area (Å²) in [5, 5.41) is 3.11. The molecule has 0 aromatic heterocycles. The first-order valence-electron chi connectivity index (χ1n) is 12.1. The van der Waals surface area contributed by atoms with Crippen molar-refractivity contribution in [2.75, 3.05) is 13.1 Å². The van der Waals surface area contributed by atoms with Crippen molar-refractivity contribution in [3.05, 3.63) is 82.9 Å². The zero-order valence-corrected chi connectivity index (χ0v) is 18.6. The second kappa shape index (κ2) is 7.98. The predicted molar refractivity (Wildman–Crippen MR) is 124 cm³/mol. The van der Waals surface area contributed by atoms with Crippen molar-refractivity contribution < 1.29 is 14.4 Å². The number of imide groups is 1. The third-order valence-corrected chi connectivity index (χ3v) is 8.15. The van der Waals surface area contributed by atoms with Gasteiger partial charge in [-0.1, -0.05) is 60.7 Å². The quantitative estimate of drug-likeness (QED) is 0.569. The minimum Gasteiger partial charge on any atom is -0.356 e. The largest absolute Gasteiger partial charge is 0.356 e. The number of amides is 3. The maximum absolute atomic E-state index is 12.7. The van der Waals surface area contributed by atoms with Crippen LogP contribution in [0.5, 0.6) is 0 Å². The number of nitrogens with one attached hydrogen (secondary N) is 1. The van der Waals surface area contributed by atoms with Crippen LogP contribution >= 0.6 is 0 Å². The van der Waals surface area contributed by atoms with Gasteiger partial charge < -0.3 is 5.32 Å². The molecule has 2 bridgehead atoms. The monoisotopic (exact) mass is 440 g/mol. The van der Waals surface area contributed by atoms with E-state index in [1.165, 1.54) is 27.2 Å². The number of likely N-dealkylation sites (tertiary alicyclic amines) is 1. The smallest absolute Gasteiger partial charge is 0.233 e. The van der Waals surface area contributed by atoms with E-state index in [0.717, 1.165) is 6.42 Å². The molecule has 0 unspecified atom stereocenters. The average Bonchev–Trinajstić information content (AvgIpc) is 3.11. The van der Waals surface area contributed by atoms with Crippen LogP contribution in [0.1, 0.15) is 59.8 Å². The van der Waals surface area contributed by atoms with Crippen molar-refractivity contribution in [1.29, 1.82) is 0 Å². The summed E-state index contributed by atoms with van der Waals surface area (Å²) in [4.78, 5) is 39.3. The normalized spacial score (nSPS) is 29.0. The molecule has 0 radical (unpaired) electrons. The first kappa shape index (κ1) is 20.4. The van der Waals surface area contributed by atoms with Gasteiger partial charge in [-0.15, -0.1) is 0 Å². The number of benzene rings is 2. The van der Waals surface area contributed by atoms with Crippen molar-refractivity contribution >= 4 is 17.7 Å². The highest BCUT2D eigenvalue weighted by Gasteiger charge is 2.47. The lowest BCUT2D eigenvalue weighted by Gasteiger charge is -2.45. The standard InChI is InChI=1S/C28H28N2O3/c31-25(13-14-30-27(32)22-11-5-6-12-23(22)28(30)33)29-16-17-15-24-18-7-1-3-9-20(18)26(17)21-10-4-2-8-19(21)24/h1-10,17,22-24,26H,11-16H2,(H,29,31)/t17-,22+,23+,24?,26?/m0/s1. The number of hydrogen-bond acceptors (Lipinski definition) is 3. The molecule has 2 aromatic rings. The molecule has 0 saturated carbocycles. The van der Waals surface area contributed by atoms with Gasteiger partial charge in [0, 0.05) is 31.3 Å². The zero-order valence-electron chi connectivity index (χ0n) is 18.6. The summed E-state index contributed by atoms with van der Waals surface area (Å²) in [6.07, 6.45) is 6.42. The Bertz CT molecular complexity index is 1100. The van der Waals surface area contributed by atoms with Gasteiger partial charge in [0.15, 0.2) is 0 Å². The lowest BCUT2D eigenvalue weighted by atomic mass is 9.59. The topological polar surface area (TPSA) is 66.5 Å². The predicted octanol–water partition coefficient (Wildman–Crippen LogP) is 3.74. The Labute approximate surface area is 193 Å². The molecule has 7 rings (SSSR count). The van der Waals surface area contributed by atoms with Gasteiger partial charge in [0.25, 0.3) is 0 Å². The maximum Gasteiger partial charge on any atom is 0.233 e. The molecule has 0 spiro atoms. The summed E-state index contributed by atoms with van der Waals surface area (Å²) in [6.45, 7) is 0.790. The van der Waals surface area contributed by atoms with E-state index in [-0.39, 0.29) is 42.5 Å². The summed E-state index contributed by atoms with van der Waals surface area (Å²) >= 11 is 0. The summed E-state index contributed by atoms with van der Waals surface area (Å²) < 4.78 is 0. The summed E-state index contributed by atoms with van der Waals surface area (Å²) in [6, 6.07) is 17.4. The fourth-order valence-corrected chi connectivity index (χ4v) is 6.60. The molecule has 3 atom stereocenters. The fourth-order valence-electron chi connectivity index (χ4n) is 6.60. The molecule has 2 aromatic carbocycles. The highest BCUT2D eigenvalue weighted by atomic mass is 16.2. The molecule has 1 heterocycles. The molecule has 168 valence electrons. The van der Waals surface area contributed by atoms with Crippen LogP contribution in [-0.2, 0) is 14.4 Å². The van der Waals surface area contributed by atoms with E-state index in [2.05, 4.69) is 53.8 Å². The number of fused-ring (bicyclic) bond motifs is 2. The van der Waals surface area contributed by atoms with Gasteiger partial charge in [0.05, 0.1) is 11.8 Å². The van der Waals surface area contributed by atoms with Crippen LogP contribution in [0, 0.1) is 17.8 Å². The third kappa shape index (κ3) is 3.25. The molecule has 3 amide bonds. The molecule has 1 saturated heterocycles. The van der Waals surface area contributed by atoms with Gasteiger partial charge in [-0.2, -0.15) is 0 Å². The van der Waals surface area contributed by atoms with Crippen LogP contribution in [0.3, 0.4) is 0 Å². The third-order valence-electron chi connectivity index (χ3n) is 8.15. The van der Waals surface area contributed by atoms with Crippen LogP contribution in [0.4, 0.5) is 0 Å². The minimum absolute atomic E-state index is 0.0911. The summed E-state index contributed by atoms with van der Waals surface area (Å²) in [5.74, 6) is 0.229. The highest BCUT2D eigenvalue weighted by Crippen LogP contribution is 2.55. The van der Waals surface area contributed by atoms with Gasteiger partial charge in [0.2, 0.25) is 17.7 Å². The summed E-state index contributed by atoms with van der Waals surface area (Å²) in [7, 11) is 0. The first-order valence-corrected chi connectivity index (χ1v) is 12.1. The van der Waals surface area contributed by atoms with Crippen LogP contribution in [0.15, 0.2) is 60.7 Å². The molecular formula is C28H28N2O3. The lowest BCUT2D eigenvalue weighted by Crippen LogP contribution is -2.40. The lowest BCUT2D eigenvalue weighted by molar-refractivity contribution is -0.140. The Hall–Kier alpha value is -3.21. The van der Waals surface area contributed by atoms with E-state index >= 15 is 0 Å². The van der Waals surface area contributed by atoms with E-state index in [1.807, 2.05) is 12.2 Å². The first-order chi connectivity index (χ1) is 16.1. The van der Waals surface area contributed by atoms with Crippen molar-refractivity contribution in [3.8, 4) is 0 Å². The SMILES string of the molecule is O=C(CCN1C(=O)[C@@H]2CC=CC[C@H]2C1=O)NC[C@@H]1CC2c3ccccc3C1c1ccccc12. The maximum atomic E-state index is 12.7. The Kier molecular flexibility index (Phi) is 4.93. The molecule has 1 aliphatic heterocycles. The number of carbonyl (C=O) groups excluding carboxylic acids is 3. The van der Waals surface area contributed by atoms with Crippen molar-refractivity contribution in [2.24, 2.45) is 17.8 Å². The van der Waals surface area contributed by atoms with Crippen molar-refractivity contribution in [3.63, 3.8) is 0 Å². The highest BCUT2D eigenvalue weighted by molar-refractivity contribution is 6.05. The van der Waals surface area contributed by atoms with Gasteiger partial charge in [0.1, 0.15) is 0 Å². The Morgan fingerprint density at radius 3 is 1.97 bits per heavy atom.